The molecule has 0 radical (unpaired) electrons. The summed E-state index contributed by atoms with van der Waals surface area (Å²) in [6.07, 6.45) is 4.18. The van der Waals surface area contributed by atoms with E-state index in [9.17, 15) is 5.11 Å². The number of hydrogen-bond acceptors (Lipinski definition) is 7. The van der Waals surface area contributed by atoms with E-state index in [1.165, 1.54) is 23.1 Å². The topological polar surface area (TPSA) is 83.4 Å². The Kier molecular flexibility index (Phi) is 4.12. The van der Waals surface area contributed by atoms with Gasteiger partial charge in [-0.25, -0.2) is 13.8 Å². The number of piperidine rings is 1. The predicted octanol–water partition coefficient (Wildman–Crippen LogP) is 4.70. The molecular formula is C26H29F2N5O2. The first kappa shape index (κ1) is 17.2. The van der Waals surface area contributed by atoms with Crippen LogP contribution in [0, 0.1) is 11.6 Å². The summed E-state index contributed by atoms with van der Waals surface area (Å²) in [6, 6.07) is 5.67. The lowest BCUT2D eigenvalue weighted by atomic mass is 9.84. The fourth-order valence-electron chi connectivity index (χ4n) is 5.48. The average Bonchev–Trinajstić information content (AvgIpc) is 3.07. The summed E-state index contributed by atoms with van der Waals surface area (Å²) in [4.78, 5) is 5.01. The van der Waals surface area contributed by atoms with Gasteiger partial charge in [-0.1, -0.05) is 0 Å². The molecule has 1 unspecified atom stereocenters. The monoisotopic (exact) mass is 487 g/mol. The molecule has 2 saturated heterocycles. The second-order valence-electron chi connectivity index (χ2n) is 9.89. The summed E-state index contributed by atoms with van der Waals surface area (Å²) in [5.41, 5.74) is -1.52. The number of nitrogens with zero attached hydrogens (tertiary/aromatic N) is 4. The maximum atomic E-state index is 15.3. The number of ether oxygens (including phenoxy) is 1. The molecule has 2 aromatic heterocycles. The first-order chi connectivity index (χ1) is 19.0. The highest BCUT2D eigenvalue weighted by molar-refractivity contribution is 5.76. The lowest BCUT2D eigenvalue weighted by molar-refractivity contribution is 0.207. The highest BCUT2D eigenvalue weighted by atomic mass is 19.2. The molecule has 1 aromatic carbocycles. The Labute approximate surface area is 211 Å². The summed E-state index contributed by atoms with van der Waals surface area (Å²) in [5.74, 6) is -3.68. The molecule has 7 nitrogen and oxygen atoms in total. The van der Waals surface area contributed by atoms with Gasteiger partial charge in [0, 0.05) is 46.0 Å². The van der Waals surface area contributed by atoms with Crippen LogP contribution >= 0.6 is 0 Å². The van der Waals surface area contributed by atoms with Gasteiger partial charge >= 0.3 is 0 Å². The van der Waals surface area contributed by atoms with E-state index in [1.54, 1.807) is 0 Å². The molecule has 2 aliphatic rings. The van der Waals surface area contributed by atoms with E-state index in [2.05, 4.69) is 34.3 Å². The number of rotatable bonds is 5. The SMILES string of the molecule is [2H]C([2H])([2H])Oc1cc(-c2cc(O)c(-c3ccc(N(C4C[C@]5(C)CC[C@](C)(C4)N5)C([2H])([2H])[2H])nn3)c(F)c2F)ccn1. The first-order valence-electron chi connectivity index (χ1n) is 14.3. The number of phenols is 1. The van der Waals surface area contributed by atoms with Crippen LogP contribution in [0.1, 0.15) is 47.8 Å². The minimum absolute atomic E-state index is 0.0191. The quantitative estimate of drug-likeness (QED) is 0.540. The zero-order valence-corrected chi connectivity index (χ0v) is 19.3. The maximum absolute atomic E-state index is 15.3. The van der Waals surface area contributed by atoms with Crippen molar-refractivity contribution >= 4 is 5.82 Å². The van der Waals surface area contributed by atoms with Crippen LogP contribution in [0.25, 0.3) is 22.4 Å². The first-order valence-corrected chi connectivity index (χ1v) is 11.3. The second kappa shape index (κ2) is 8.41. The van der Waals surface area contributed by atoms with Crippen molar-refractivity contribution in [1.29, 1.82) is 0 Å². The largest absolute Gasteiger partial charge is 0.507 e. The lowest BCUT2D eigenvalue weighted by Gasteiger charge is -2.45. The number of aromatic nitrogens is 3. The van der Waals surface area contributed by atoms with Crippen molar-refractivity contribution in [1.82, 2.24) is 20.5 Å². The van der Waals surface area contributed by atoms with Crippen LogP contribution in [0.3, 0.4) is 0 Å². The summed E-state index contributed by atoms with van der Waals surface area (Å²) in [7, 11) is -2.80. The lowest BCUT2D eigenvalue weighted by Crippen LogP contribution is -2.58. The van der Waals surface area contributed by atoms with E-state index in [-0.39, 0.29) is 45.6 Å². The fraction of sp³-hybridized carbons (Fsp3) is 0.423. The maximum Gasteiger partial charge on any atom is 0.213 e. The number of hydrogen-bond donors (Lipinski definition) is 2. The van der Waals surface area contributed by atoms with Crippen molar-refractivity contribution < 1.29 is 26.8 Å². The van der Waals surface area contributed by atoms with Gasteiger partial charge in [-0.15, -0.1) is 10.2 Å². The summed E-state index contributed by atoms with van der Waals surface area (Å²) >= 11 is 0. The predicted molar refractivity (Wildman–Crippen MR) is 129 cm³/mol. The molecule has 0 saturated carbocycles. The van der Waals surface area contributed by atoms with Crippen molar-refractivity contribution in [3.63, 3.8) is 0 Å². The third-order valence-electron chi connectivity index (χ3n) is 7.06. The zero-order chi connectivity index (χ0) is 30.0. The van der Waals surface area contributed by atoms with E-state index in [0.29, 0.717) is 12.8 Å². The Morgan fingerprint density at radius 1 is 1.11 bits per heavy atom. The highest BCUT2D eigenvalue weighted by Gasteiger charge is 2.49. The van der Waals surface area contributed by atoms with E-state index in [4.69, 9.17) is 13.0 Å². The van der Waals surface area contributed by atoms with Gasteiger partial charge in [-0.3, -0.25) is 0 Å². The van der Waals surface area contributed by atoms with Gasteiger partial charge in [-0.05, 0) is 69.4 Å². The van der Waals surface area contributed by atoms with Crippen LogP contribution < -0.4 is 15.0 Å². The van der Waals surface area contributed by atoms with Gasteiger partial charge in [0.25, 0.3) is 0 Å². The molecule has 2 aliphatic heterocycles. The van der Waals surface area contributed by atoms with Crippen molar-refractivity contribution in [2.24, 2.45) is 0 Å². The minimum atomic E-state index is -2.80. The molecule has 0 spiro atoms. The van der Waals surface area contributed by atoms with E-state index in [1.807, 2.05) is 0 Å². The number of fused-ring (bicyclic) bond motifs is 2. The number of phenolic OH excluding ortho intramolecular Hbond substituents is 1. The molecule has 2 N–H and O–H groups in total. The number of benzene rings is 1. The minimum Gasteiger partial charge on any atom is -0.507 e. The molecule has 3 atom stereocenters. The van der Waals surface area contributed by atoms with E-state index < -0.39 is 37.0 Å². The molecule has 4 heterocycles. The molecule has 184 valence electrons. The Balaban J connectivity index is 1.47. The number of anilines is 1. The summed E-state index contributed by atoms with van der Waals surface area (Å²) in [5, 5.41) is 22.3. The smallest absolute Gasteiger partial charge is 0.213 e. The number of pyridine rings is 1. The van der Waals surface area contributed by atoms with Crippen molar-refractivity contribution in [2.75, 3.05) is 18.9 Å². The molecule has 0 aliphatic carbocycles. The third kappa shape index (κ3) is 4.18. The molecule has 35 heavy (non-hydrogen) atoms. The second-order valence-corrected chi connectivity index (χ2v) is 9.89. The molecular weight excluding hydrogens is 452 g/mol. The van der Waals surface area contributed by atoms with Gasteiger partial charge in [0.2, 0.25) is 5.88 Å². The molecule has 3 aromatic rings. The van der Waals surface area contributed by atoms with Gasteiger partial charge in [0.15, 0.2) is 17.5 Å². The van der Waals surface area contributed by atoms with Gasteiger partial charge < -0.3 is 20.1 Å². The zero-order valence-electron chi connectivity index (χ0n) is 25.3. The van der Waals surface area contributed by atoms with Gasteiger partial charge in [0.1, 0.15) is 5.75 Å². The molecule has 0 amide bonds. The Bertz CT molecular complexity index is 1450. The third-order valence-corrected chi connectivity index (χ3v) is 7.06. The molecule has 2 bridgehead atoms. The van der Waals surface area contributed by atoms with Crippen LogP contribution in [0.4, 0.5) is 14.6 Å². The van der Waals surface area contributed by atoms with E-state index >= 15 is 8.78 Å². The van der Waals surface area contributed by atoms with Crippen LogP contribution in [-0.2, 0) is 0 Å². The number of aromatic hydroxyl groups is 1. The Morgan fingerprint density at radius 2 is 1.89 bits per heavy atom. The van der Waals surface area contributed by atoms with E-state index in [0.717, 1.165) is 31.2 Å². The number of halogens is 2. The standard InChI is InChI=1S/C26H29F2N5O2/c1-25-8-9-26(2,32-25)14-16(13-25)33(3)20-6-5-18(30-31-20)22-19(34)12-17(23(27)24(22)28)15-7-10-29-21(11-15)35-4/h5-7,10-12,16,32,34H,8-9,13-14H2,1-4H3/t16?,25-,26+/i3D3,4D3. The average molecular weight is 488 g/mol. The van der Waals surface area contributed by atoms with Crippen LogP contribution in [0.15, 0.2) is 36.5 Å². The Hall–Kier alpha value is -3.33. The highest BCUT2D eigenvalue weighted by Crippen LogP contribution is 2.44. The Morgan fingerprint density at radius 3 is 2.54 bits per heavy atom. The van der Waals surface area contributed by atoms with Crippen molar-refractivity contribution in [2.45, 2.75) is 56.7 Å². The normalized spacial score (nSPS) is 28.7. The summed E-state index contributed by atoms with van der Waals surface area (Å²) < 4.78 is 81.5. The van der Waals surface area contributed by atoms with Gasteiger partial charge in [0.05, 0.1) is 22.4 Å². The van der Waals surface area contributed by atoms with Crippen LogP contribution in [0.2, 0.25) is 0 Å². The fourth-order valence-corrected chi connectivity index (χ4v) is 5.48. The van der Waals surface area contributed by atoms with Crippen LogP contribution in [0.5, 0.6) is 11.6 Å². The number of methoxy groups -OCH3 is 1. The van der Waals surface area contributed by atoms with Crippen LogP contribution in [-0.4, -0.2) is 51.4 Å². The molecule has 5 rings (SSSR count). The number of nitrogens with one attached hydrogen (secondary N) is 1. The van der Waals surface area contributed by atoms with Gasteiger partial charge in [-0.2, -0.15) is 0 Å². The van der Waals surface area contributed by atoms with Crippen molar-refractivity contribution in [3.05, 3.63) is 48.2 Å². The molecule has 2 fully saturated rings. The molecule has 9 heteroatoms. The summed E-state index contributed by atoms with van der Waals surface area (Å²) in [6.45, 7) is 1.62. The van der Waals surface area contributed by atoms with Crippen molar-refractivity contribution in [3.8, 4) is 34.0 Å².